The number of hydrogen-bond acceptors (Lipinski definition) is 2. The van der Waals surface area contributed by atoms with Crippen LogP contribution in [0.1, 0.15) is 5.56 Å². The number of sulfonamides is 1. The minimum atomic E-state index is -4.01. The molecule has 3 nitrogen and oxygen atoms in total. The molecule has 72 valence electrons. The number of halogens is 2. The van der Waals surface area contributed by atoms with E-state index in [1.807, 2.05) is 0 Å². The van der Waals surface area contributed by atoms with Gasteiger partial charge in [-0.3, -0.25) is 0 Å². The number of benzene rings is 1. The fourth-order valence-electron chi connectivity index (χ4n) is 0.856. The molecule has 1 aromatic carbocycles. The summed E-state index contributed by atoms with van der Waals surface area (Å²) >= 11 is 5.56. The lowest BCUT2D eigenvalue weighted by molar-refractivity contribution is 0.563. The van der Waals surface area contributed by atoms with Crippen molar-refractivity contribution in [1.29, 1.82) is 0 Å². The van der Waals surface area contributed by atoms with Crippen LogP contribution in [0, 0.1) is 12.7 Å². The Morgan fingerprint density at radius 2 is 2.00 bits per heavy atom. The third kappa shape index (κ3) is 1.99. The van der Waals surface area contributed by atoms with Gasteiger partial charge >= 0.3 is 0 Å². The second kappa shape index (κ2) is 3.25. The normalized spacial score (nSPS) is 11.7. The molecule has 0 heterocycles. The summed E-state index contributed by atoms with van der Waals surface area (Å²) in [4.78, 5) is -0.533. The van der Waals surface area contributed by atoms with Crippen molar-refractivity contribution in [2.75, 3.05) is 0 Å². The molecule has 0 spiro atoms. The first-order valence-electron chi connectivity index (χ1n) is 3.31. The van der Waals surface area contributed by atoms with Crippen LogP contribution in [0.3, 0.4) is 0 Å². The zero-order valence-corrected chi connectivity index (χ0v) is 8.29. The van der Waals surface area contributed by atoms with E-state index in [9.17, 15) is 12.8 Å². The van der Waals surface area contributed by atoms with Crippen molar-refractivity contribution in [2.24, 2.45) is 5.14 Å². The summed E-state index contributed by atoms with van der Waals surface area (Å²) < 4.78 is 34.8. The average molecular weight is 224 g/mol. The van der Waals surface area contributed by atoms with E-state index >= 15 is 0 Å². The SMILES string of the molecule is Cc1c(Cl)ccc(S(N)(=O)=O)c1F. The molecule has 0 fully saturated rings. The van der Waals surface area contributed by atoms with E-state index in [1.54, 1.807) is 0 Å². The van der Waals surface area contributed by atoms with Gasteiger partial charge in [-0.25, -0.2) is 17.9 Å². The highest BCUT2D eigenvalue weighted by Crippen LogP contribution is 2.23. The summed E-state index contributed by atoms with van der Waals surface area (Å²) in [5.74, 6) is -0.894. The van der Waals surface area contributed by atoms with Crippen molar-refractivity contribution in [2.45, 2.75) is 11.8 Å². The Kier molecular flexibility index (Phi) is 2.61. The molecule has 0 bridgehead atoms. The van der Waals surface area contributed by atoms with Gasteiger partial charge in [-0.2, -0.15) is 0 Å². The van der Waals surface area contributed by atoms with Gasteiger partial charge in [0.25, 0.3) is 0 Å². The largest absolute Gasteiger partial charge is 0.240 e. The lowest BCUT2D eigenvalue weighted by Gasteiger charge is -2.04. The first kappa shape index (κ1) is 10.4. The number of hydrogen-bond donors (Lipinski definition) is 1. The summed E-state index contributed by atoms with van der Waals surface area (Å²) in [6, 6.07) is 2.33. The van der Waals surface area contributed by atoms with Crippen LogP contribution in [0.5, 0.6) is 0 Å². The Hall–Kier alpha value is -0.650. The van der Waals surface area contributed by atoms with Crippen molar-refractivity contribution in [3.8, 4) is 0 Å². The Bertz CT molecular complexity index is 444. The van der Waals surface area contributed by atoms with E-state index in [-0.39, 0.29) is 10.6 Å². The molecule has 0 aliphatic carbocycles. The van der Waals surface area contributed by atoms with Crippen LogP contribution in [0.25, 0.3) is 0 Å². The van der Waals surface area contributed by atoms with Crippen LogP contribution in [0.15, 0.2) is 17.0 Å². The van der Waals surface area contributed by atoms with Gasteiger partial charge < -0.3 is 0 Å². The number of rotatable bonds is 1. The molecule has 13 heavy (non-hydrogen) atoms. The average Bonchev–Trinajstić information content (AvgIpc) is 1.98. The summed E-state index contributed by atoms with van der Waals surface area (Å²) in [6.07, 6.45) is 0. The van der Waals surface area contributed by atoms with E-state index in [2.05, 4.69) is 0 Å². The maximum atomic E-state index is 13.2. The fourth-order valence-corrected chi connectivity index (χ4v) is 1.66. The predicted octanol–water partition coefficient (Wildman–Crippen LogP) is 1.43. The number of nitrogens with two attached hydrogens (primary N) is 1. The van der Waals surface area contributed by atoms with Crippen molar-refractivity contribution in [1.82, 2.24) is 0 Å². The van der Waals surface area contributed by atoms with Gasteiger partial charge in [0.15, 0.2) is 0 Å². The third-order valence-corrected chi connectivity index (χ3v) is 2.93. The topological polar surface area (TPSA) is 60.2 Å². The smallest absolute Gasteiger partial charge is 0.225 e. The van der Waals surface area contributed by atoms with Gasteiger partial charge in [0.05, 0.1) is 0 Å². The van der Waals surface area contributed by atoms with Gasteiger partial charge in [0.2, 0.25) is 10.0 Å². The standard InChI is InChI=1S/C7H7ClFNO2S/c1-4-5(8)2-3-6(7(4)9)13(10,11)12/h2-3H,1H3,(H2,10,11,12). The van der Waals surface area contributed by atoms with Crippen molar-refractivity contribution in [3.63, 3.8) is 0 Å². The van der Waals surface area contributed by atoms with Gasteiger partial charge in [-0.15, -0.1) is 0 Å². The Morgan fingerprint density at radius 3 is 2.46 bits per heavy atom. The summed E-state index contributed by atoms with van der Waals surface area (Å²) in [5.41, 5.74) is 0.0770. The first-order chi connectivity index (χ1) is 5.84. The fraction of sp³-hybridized carbons (Fsp3) is 0.143. The second-order valence-corrected chi connectivity index (χ2v) is 4.47. The van der Waals surface area contributed by atoms with E-state index in [0.29, 0.717) is 0 Å². The molecule has 0 aliphatic rings. The minimum absolute atomic E-state index is 0.0770. The summed E-state index contributed by atoms with van der Waals surface area (Å²) in [6.45, 7) is 1.38. The van der Waals surface area contributed by atoms with Crippen LogP contribution in [-0.4, -0.2) is 8.42 Å². The highest BCUT2D eigenvalue weighted by atomic mass is 35.5. The van der Waals surface area contributed by atoms with Crippen molar-refractivity contribution < 1.29 is 12.8 Å². The van der Waals surface area contributed by atoms with Crippen LogP contribution in [0.4, 0.5) is 4.39 Å². The zero-order valence-electron chi connectivity index (χ0n) is 6.71. The molecular formula is C7H7ClFNO2S. The number of primary sulfonamides is 1. The molecule has 0 saturated carbocycles. The molecule has 1 aromatic rings. The predicted molar refractivity (Wildman–Crippen MR) is 47.5 cm³/mol. The highest BCUT2D eigenvalue weighted by molar-refractivity contribution is 7.89. The minimum Gasteiger partial charge on any atom is -0.225 e. The molecule has 0 unspecified atom stereocenters. The van der Waals surface area contributed by atoms with Gasteiger partial charge in [-0.1, -0.05) is 11.6 Å². The maximum absolute atomic E-state index is 13.2. The molecule has 0 aliphatic heterocycles. The maximum Gasteiger partial charge on any atom is 0.240 e. The molecule has 0 radical (unpaired) electrons. The van der Waals surface area contributed by atoms with E-state index < -0.39 is 20.7 Å². The Balaban J connectivity index is 3.53. The summed E-state index contributed by atoms with van der Waals surface area (Å²) in [5, 5.41) is 4.94. The van der Waals surface area contributed by atoms with E-state index in [1.165, 1.54) is 13.0 Å². The highest BCUT2D eigenvalue weighted by Gasteiger charge is 2.17. The molecule has 0 aromatic heterocycles. The lowest BCUT2D eigenvalue weighted by Crippen LogP contribution is -2.14. The van der Waals surface area contributed by atoms with Crippen molar-refractivity contribution >= 4 is 21.6 Å². The molecule has 0 amide bonds. The second-order valence-electron chi connectivity index (χ2n) is 2.53. The molecule has 2 N–H and O–H groups in total. The van der Waals surface area contributed by atoms with Gasteiger partial charge in [-0.05, 0) is 19.1 Å². The molecule has 6 heteroatoms. The van der Waals surface area contributed by atoms with Crippen LogP contribution >= 0.6 is 11.6 Å². The summed E-state index contributed by atoms with van der Waals surface area (Å²) in [7, 11) is -4.01. The van der Waals surface area contributed by atoms with Crippen molar-refractivity contribution in [3.05, 3.63) is 28.5 Å². The van der Waals surface area contributed by atoms with Gasteiger partial charge in [0, 0.05) is 10.6 Å². The molecular weight excluding hydrogens is 217 g/mol. The van der Waals surface area contributed by atoms with Crippen LogP contribution in [-0.2, 0) is 10.0 Å². The van der Waals surface area contributed by atoms with Crippen LogP contribution < -0.4 is 5.14 Å². The Morgan fingerprint density at radius 1 is 1.46 bits per heavy atom. The van der Waals surface area contributed by atoms with Gasteiger partial charge in [0.1, 0.15) is 10.7 Å². The first-order valence-corrected chi connectivity index (χ1v) is 5.24. The van der Waals surface area contributed by atoms with E-state index in [4.69, 9.17) is 16.7 Å². The lowest BCUT2D eigenvalue weighted by atomic mass is 10.2. The molecule has 0 saturated heterocycles. The molecule has 0 atom stereocenters. The quantitative estimate of drug-likeness (QED) is 0.783. The van der Waals surface area contributed by atoms with E-state index in [0.717, 1.165) is 6.07 Å². The Labute approximate surface area is 80.4 Å². The monoisotopic (exact) mass is 223 g/mol. The van der Waals surface area contributed by atoms with Crippen LogP contribution in [0.2, 0.25) is 5.02 Å². The zero-order chi connectivity index (χ0) is 10.2. The molecule has 1 rings (SSSR count). The third-order valence-electron chi connectivity index (χ3n) is 1.59.